The molecule has 1 atom stereocenters. The van der Waals surface area contributed by atoms with E-state index in [1.54, 1.807) is 24.3 Å². The minimum atomic E-state index is -4.43. The Bertz CT molecular complexity index is 866. The average molecular weight is 392 g/mol. The molecule has 1 saturated heterocycles. The summed E-state index contributed by atoms with van der Waals surface area (Å²) in [6, 6.07) is 10.7. The second-order valence-corrected chi connectivity index (χ2v) is 6.33. The van der Waals surface area contributed by atoms with Gasteiger partial charge in [0, 0.05) is 6.54 Å². The molecule has 0 saturated carbocycles. The van der Waals surface area contributed by atoms with E-state index in [-0.39, 0.29) is 18.9 Å². The monoisotopic (exact) mass is 392 g/mol. The second kappa shape index (κ2) is 8.02. The topological polar surface area (TPSA) is 58.6 Å². The summed E-state index contributed by atoms with van der Waals surface area (Å²) in [7, 11) is 0. The zero-order valence-corrected chi connectivity index (χ0v) is 15.1. The first-order valence-corrected chi connectivity index (χ1v) is 8.78. The first kappa shape index (κ1) is 19.9. The Morgan fingerprint density at radius 3 is 2.50 bits per heavy atom. The number of carbonyl (C=O) groups is 2. The highest BCUT2D eigenvalue weighted by Gasteiger charge is 2.39. The smallest absolute Gasteiger partial charge is 0.416 e. The maximum Gasteiger partial charge on any atom is 0.416 e. The van der Waals surface area contributed by atoms with Crippen LogP contribution in [0.5, 0.6) is 5.75 Å². The largest absolute Gasteiger partial charge is 0.494 e. The summed E-state index contributed by atoms with van der Waals surface area (Å²) in [6.45, 7) is 2.40. The van der Waals surface area contributed by atoms with Gasteiger partial charge >= 0.3 is 6.18 Å². The van der Waals surface area contributed by atoms with Crippen molar-refractivity contribution in [1.82, 2.24) is 5.32 Å². The fourth-order valence-corrected chi connectivity index (χ4v) is 3.02. The highest BCUT2D eigenvalue weighted by atomic mass is 19.4. The van der Waals surface area contributed by atoms with Gasteiger partial charge in [-0.05, 0) is 42.8 Å². The van der Waals surface area contributed by atoms with Gasteiger partial charge in [-0.25, -0.2) is 4.90 Å². The first-order chi connectivity index (χ1) is 13.3. The molecule has 0 spiro atoms. The SMILES string of the molecule is CCOc1ccc(N2C(=O)C[C@@H](NCc3cccc(C(F)(F)F)c3)C2=O)cc1. The van der Waals surface area contributed by atoms with E-state index in [9.17, 15) is 22.8 Å². The maximum absolute atomic E-state index is 12.8. The molecule has 3 rings (SSSR count). The van der Waals surface area contributed by atoms with Gasteiger partial charge in [0.1, 0.15) is 5.75 Å². The molecule has 0 aromatic heterocycles. The zero-order valence-electron chi connectivity index (χ0n) is 15.1. The molecule has 8 heteroatoms. The molecule has 2 aromatic rings. The van der Waals surface area contributed by atoms with Crippen molar-refractivity contribution in [3.05, 3.63) is 59.7 Å². The Morgan fingerprint density at radius 2 is 1.86 bits per heavy atom. The van der Waals surface area contributed by atoms with Crippen LogP contribution in [-0.2, 0) is 22.3 Å². The number of benzene rings is 2. The number of halogens is 3. The van der Waals surface area contributed by atoms with Crippen molar-refractivity contribution in [3.8, 4) is 5.75 Å². The van der Waals surface area contributed by atoms with E-state index in [1.165, 1.54) is 12.1 Å². The van der Waals surface area contributed by atoms with Crippen LogP contribution in [0.4, 0.5) is 18.9 Å². The van der Waals surface area contributed by atoms with E-state index in [1.807, 2.05) is 6.92 Å². The molecule has 0 unspecified atom stereocenters. The van der Waals surface area contributed by atoms with Crippen LogP contribution in [0.15, 0.2) is 48.5 Å². The fourth-order valence-electron chi connectivity index (χ4n) is 3.02. The molecule has 5 nitrogen and oxygen atoms in total. The number of nitrogens with one attached hydrogen (secondary N) is 1. The number of amides is 2. The molecule has 28 heavy (non-hydrogen) atoms. The quantitative estimate of drug-likeness (QED) is 0.765. The standard InChI is InChI=1S/C20H19F3N2O3/c1-2-28-16-8-6-15(7-9-16)25-18(26)11-17(19(25)27)24-12-13-4-3-5-14(10-13)20(21,22)23/h3-10,17,24H,2,11-12H2,1H3/t17-/m1/s1. The predicted molar refractivity (Wildman–Crippen MR) is 96.8 cm³/mol. The van der Waals surface area contributed by atoms with Crippen molar-refractivity contribution in [2.24, 2.45) is 0 Å². The van der Waals surface area contributed by atoms with Crippen LogP contribution in [-0.4, -0.2) is 24.5 Å². The Morgan fingerprint density at radius 1 is 1.14 bits per heavy atom. The summed E-state index contributed by atoms with van der Waals surface area (Å²) in [5.74, 6) is -0.165. The van der Waals surface area contributed by atoms with Gasteiger partial charge in [-0.1, -0.05) is 18.2 Å². The van der Waals surface area contributed by atoms with E-state index in [4.69, 9.17) is 4.74 Å². The number of nitrogens with zero attached hydrogens (tertiary/aromatic N) is 1. The number of ether oxygens (including phenoxy) is 1. The number of hydrogen-bond acceptors (Lipinski definition) is 4. The van der Waals surface area contributed by atoms with Gasteiger partial charge in [-0.15, -0.1) is 0 Å². The summed E-state index contributed by atoms with van der Waals surface area (Å²) in [5, 5.41) is 2.88. The number of imide groups is 1. The lowest BCUT2D eigenvalue weighted by Crippen LogP contribution is -2.38. The molecule has 0 bridgehead atoms. The van der Waals surface area contributed by atoms with Gasteiger partial charge in [0.05, 0.1) is 30.3 Å². The van der Waals surface area contributed by atoms with Gasteiger partial charge in [0.2, 0.25) is 5.91 Å². The van der Waals surface area contributed by atoms with Crippen molar-refractivity contribution >= 4 is 17.5 Å². The minimum Gasteiger partial charge on any atom is -0.494 e. The summed E-state index contributed by atoms with van der Waals surface area (Å²) in [6.07, 6.45) is -4.48. The van der Waals surface area contributed by atoms with E-state index < -0.39 is 23.7 Å². The Kier molecular flexibility index (Phi) is 5.69. The van der Waals surface area contributed by atoms with E-state index in [0.29, 0.717) is 23.6 Å². The highest BCUT2D eigenvalue weighted by molar-refractivity contribution is 6.22. The van der Waals surface area contributed by atoms with Crippen molar-refractivity contribution in [2.45, 2.75) is 32.1 Å². The number of anilines is 1. The van der Waals surface area contributed by atoms with E-state index in [0.717, 1.165) is 17.0 Å². The molecule has 1 aliphatic heterocycles. The van der Waals surface area contributed by atoms with Gasteiger partial charge in [0.25, 0.3) is 5.91 Å². The molecule has 0 radical (unpaired) electrons. The molecule has 2 aromatic carbocycles. The average Bonchev–Trinajstić information content (AvgIpc) is 2.94. The van der Waals surface area contributed by atoms with Gasteiger partial charge < -0.3 is 10.1 Å². The summed E-state index contributed by atoms with van der Waals surface area (Å²) >= 11 is 0. The van der Waals surface area contributed by atoms with Crippen molar-refractivity contribution in [1.29, 1.82) is 0 Å². The van der Waals surface area contributed by atoms with Crippen molar-refractivity contribution in [2.75, 3.05) is 11.5 Å². The number of rotatable bonds is 6. The number of hydrogen-bond donors (Lipinski definition) is 1. The molecule has 2 amide bonds. The van der Waals surface area contributed by atoms with E-state index in [2.05, 4.69) is 5.32 Å². The summed E-state index contributed by atoms with van der Waals surface area (Å²) in [5.41, 5.74) is 0.0630. The fraction of sp³-hybridized carbons (Fsp3) is 0.300. The van der Waals surface area contributed by atoms with Gasteiger partial charge in [-0.3, -0.25) is 9.59 Å². The van der Waals surface area contributed by atoms with Crippen LogP contribution in [0.1, 0.15) is 24.5 Å². The second-order valence-electron chi connectivity index (χ2n) is 6.33. The Hall–Kier alpha value is -2.87. The molecule has 1 N–H and O–H groups in total. The van der Waals surface area contributed by atoms with Crippen LogP contribution >= 0.6 is 0 Å². The molecule has 1 heterocycles. The predicted octanol–water partition coefficient (Wildman–Crippen LogP) is 3.53. The lowest BCUT2D eigenvalue weighted by molar-refractivity contribution is -0.137. The maximum atomic E-state index is 12.8. The van der Waals surface area contributed by atoms with Crippen LogP contribution in [0, 0.1) is 0 Å². The van der Waals surface area contributed by atoms with Crippen LogP contribution in [0.3, 0.4) is 0 Å². The molecular formula is C20H19F3N2O3. The van der Waals surface area contributed by atoms with Gasteiger partial charge in [0.15, 0.2) is 0 Å². The molecule has 0 aliphatic carbocycles. The molecule has 148 valence electrons. The third-order valence-corrected chi connectivity index (χ3v) is 4.36. The molecule has 1 aliphatic rings. The van der Waals surface area contributed by atoms with Gasteiger partial charge in [-0.2, -0.15) is 13.2 Å². The lowest BCUT2D eigenvalue weighted by Gasteiger charge is -2.16. The minimum absolute atomic E-state index is 0.0464. The van der Waals surface area contributed by atoms with Crippen LogP contribution in [0.2, 0.25) is 0 Å². The third-order valence-electron chi connectivity index (χ3n) is 4.36. The summed E-state index contributed by atoms with van der Waals surface area (Å²) in [4.78, 5) is 26.0. The highest BCUT2D eigenvalue weighted by Crippen LogP contribution is 2.30. The molecule has 1 fully saturated rings. The van der Waals surface area contributed by atoms with Crippen molar-refractivity contribution < 1.29 is 27.5 Å². The molecular weight excluding hydrogens is 373 g/mol. The first-order valence-electron chi connectivity index (χ1n) is 8.78. The number of carbonyl (C=O) groups excluding carboxylic acids is 2. The van der Waals surface area contributed by atoms with E-state index >= 15 is 0 Å². The normalized spacial score (nSPS) is 17.3. The Labute approximate surface area is 160 Å². The third kappa shape index (κ3) is 4.33. The lowest BCUT2D eigenvalue weighted by atomic mass is 10.1. The summed E-state index contributed by atoms with van der Waals surface area (Å²) < 4.78 is 43.7. The van der Waals surface area contributed by atoms with Crippen molar-refractivity contribution in [3.63, 3.8) is 0 Å². The number of alkyl halides is 3. The van der Waals surface area contributed by atoms with Crippen LogP contribution < -0.4 is 15.0 Å². The van der Waals surface area contributed by atoms with Crippen LogP contribution in [0.25, 0.3) is 0 Å². The Balaban J connectivity index is 1.67. The zero-order chi connectivity index (χ0) is 20.3.